The summed E-state index contributed by atoms with van der Waals surface area (Å²) in [5.74, 6) is 0.619. The van der Waals surface area contributed by atoms with E-state index < -0.39 is 0 Å². The normalized spacial score (nSPS) is 18.8. The second kappa shape index (κ2) is 9.99. The summed E-state index contributed by atoms with van der Waals surface area (Å²) >= 11 is 5.89. The van der Waals surface area contributed by atoms with E-state index in [1.54, 1.807) is 30.5 Å². The number of likely N-dealkylation sites (N-methyl/N-ethyl adjacent to an activating group) is 1. The van der Waals surface area contributed by atoms with E-state index in [4.69, 9.17) is 16.3 Å². The number of nitrogens with one attached hydrogen (secondary N) is 1. The zero-order valence-electron chi connectivity index (χ0n) is 15.2. The molecule has 1 atom stereocenters. The molecule has 0 aliphatic carbocycles. The van der Waals surface area contributed by atoms with Gasteiger partial charge >= 0.3 is 6.03 Å². The van der Waals surface area contributed by atoms with Crippen LogP contribution in [-0.2, 0) is 4.74 Å². The fourth-order valence-corrected chi connectivity index (χ4v) is 2.85. The molecule has 1 aliphatic heterocycles. The number of amides is 2. The van der Waals surface area contributed by atoms with E-state index in [-0.39, 0.29) is 12.1 Å². The summed E-state index contributed by atoms with van der Waals surface area (Å²) in [6.45, 7) is 7.92. The molecule has 0 aromatic heterocycles. The molecule has 0 saturated carbocycles. The number of hydrogen-bond acceptors (Lipinski definition) is 4. The van der Waals surface area contributed by atoms with Gasteiger partial charge in [-0.3, -0.25) is 4.99 Å². The summed E-state index contributed by atoms with van der Waals surface area (Å²) in [6.07, 6.45) is 5.25. The molecule has 7 heteroatoms. The van der Waals surface area contributed by atoms with Crippen LogP contribution in [0.25, 0.3) is 0 Å². The third kappa shape index (κ3) is 5.89. The zero-order chi connectivity index (χ0) is 18.9. The molecule has 1 saturated heterocycles. The van der Waals surface area contributed by atoms with E-state index in [9.17, 15) is 4.79 Å². The van der Waals surface area contributed by atoms with Crippen molar-refractivity contribution in [2.75, 3.05) is 38.6 Å². The molecule has 1 heterocycles. The van der Waals surface area contributed by atoms with Crippen molar-refractivity contribution in [3.05, 3.63) is 53.4 Å². The van der Waals surface area contributed by atoms with Gasteiger partial charge in [0.2, 0.25) is 0 Å². The number of ether oxygens (including phenoxy) is 1. The highest BCUT2D eigenvalue weighted by Gasteiger charge is 2.29. The summed E-state index contributed by atoms with van der Waals surface area (Å²) < 4.78 is 5.83. The van der Waals surface area contributed by atoms with Crippen molar-refractivity contribution < 1.29 is 9.53 Å². The molecule has 2 amide bonds. The lowest BCUT2D eigenvalue weighted by molar-refractivity contribution is 0.0657. The molecular formula is C19H25ClN4O2. The summed E-state index contributed by atoms with van der Waals surface area (Å²) in [5.41, 5.74) is 0.711. The minimum Gasteiger partial charge on any atom is -0.490 e. The van der Waals surface area contributed by atoms with Gasteiger partial charge in [-0.05, 0) is 51.0 Å². The molecule has 2 rings (SSSR count). The lowest BCUT2D eigenvalue weighted by atomic mass is 10.2. The quantitative estimate of drug-likeness (QED) is 0.468. The summed E-state index contributed by atoms with van der Waals surface area (Å²) in [4.78, 5) is 20.5. The average Bonchev–Trinajstić information content (AvgIpc) is 2.62. The second-order valence-corrected chi connectivity index (χ2v) is 6.51. The van der Waals surface area contributed by atoms with Crippen LogP contribution >= 0.6 is 11.6 Å². The van der Waals surface area contributed by atoms with Crippen LogP contribution in [0.4, 0.5) is 10.5 Å². The number of allylic oxidation sites excluding steroid dienone is 2. The maximum Gasteiger partial charge on any atom is 0.322 e. The van der Waals surface area contributed by atoms with E-state index in [1.807, 2.05) is 31.0 Å². The maximum absolute atomic E-state index is 12.7. The van der Waals surface area contributed by atoms with Crippen LogP contribution in [0, 0.1) is 0 Å². The van der Waals surface area contributed by atoms with Crippen molar-refractivity contribution in [3.8, 4) is 0 Å². The molecule has 0 bridgehead atoms. The van der Waals surface area contributed by atoms with Crippen LogP contribution < -0.4 is 5.32 Å². The van der Waals surface area contributed by atoms with Gasteiger partial charge in [0.05, 0.1) is 12.2 Å². The van der Waals surface area contributed by atoms with Gasteiger partial charge in [0.15, 0.2) is 0 Å². The Labute approximate surface area is 159 Å². The minimum atomic E-state index is -0.146. The number of urea groups is 1. The Hall–Kier alpha value is -2.31. The van der Waals surface area contributed by atoms with E-state index in [1.165, 1.54) is 0 Å². The highest BCUT2D eigenvalue weighted by molar-refractivity contribution is 6.30. The number of carbonyl (C=O) groups excluding carboxylic acids is 1. The number of carbonyl (C=O) groups is 1. The smallest absolute Gasteiger partial charge is 0.322 e. The number of nitrogens with zero attached hydrogens (tertiary/aromatic N) is 3. The van der Waals surface area contributed by atoms with Crippen molar-refractivity contribution in [1.82, 2.24) is 9.80 Å². The van der Waals surface area contributed by atoms with Gasteiger partial charge in [-0.25, -0.2) is 4.79 Å². The molecule has 0 spiro atoms. The van der Waals surface area contributed by atoms with Crippen LogP contribution in [-0.4, -0.2) is 61.9 Å². The summed E-state index contributed by atoms with van der Waals surface area (Å²) in [7, 11) is 2.04. The van der Waals surface area contributed by atoms with Crippen molar-refractivity contribution >= 4 is 30.0 Å². The lowest BCUT2D eigenvalue weighted by Crippen LogP contribution is -2.56. The monoisotopic (exact) mass is 376 g/mol. The Balaban J connectivity index is 2.03. The Morgan fingerprint density at radius 3 is 2.81 bits per heavy atom. The number of anilines is 1. The zero-order valence-corrected chi connectivity index (χ0v) is 15.9. The predicted molar refractivity (Wildman–Crippen MR) is 107 cm³/mol. The standard InChI is InChI=1S/C19H25ClN4O2/c1-4-5-18(12-21-2)26-14-17-13-23(3)10-11-24(17)19(25)22-16-8-6-15(20)7-9-16/h4-9,12,17H,2,10-11,13-14H2,1,3H3,(H,22,25)/b5-4-,18-12+. The summed E-state index contributed by atoms with van der Waals surface area (Å²) in [6, 6.07) is 6.84. The van der Waals surface area contributed by atoms with Crippen LogP contribution in [0.5, 0.6) is 0 Å². The molecule has 6 nitrogen and oxygen atoms in total. The Bertz CT molecular complexity index is 673. The molecule has 1 aromatic rings. The van der Waals surface area contributed by atoms with Crippen molar-refractivity contribution in [2.24, 2.45) is 4.99 Å². The van der Waals surface area contributed by atoms with E-state index >= 15 is 0 Å². The molecular weight excluding hydrogens is 352 g/mol. The first-order valence-corrected chi connectivity index (χ1v) is 8.84. The predicted octanol–water partition coefficient (Wildman–Crippen LogP) is 3.62. The first-order valence-electron chi connectivity index (χ1n) is 8.46. The van der Waals surface area contributed by atoms with Gasteiger partial charge in [-0.15, -0.1) is 0 Å². The van der Waals surface area contributed by atoms with Crippen LogP contribution in [0.1, 0.15) is 6.92 Å². The average molecular weight is 377 g/mol. The number of aliphatic imine (C=N–C) groups is 1. The second-order valence-electron chi connectivity index (χ2n) is 6.07. The molecule has 0 radical (unpaired) electrons. The third-order valence-electron chi connectivity index (χ3n) is 4.03. The Kier molecular flexibility index (Phi) is 7.69. The van der Waals surface area contributed by atoms with Gasteiger partial charge in [-0.2, -0.15) is 0 Å². The molecule has 1 aliphatic rings. The van der Waals surface area contributed by atoms with Gasteiger partial charge in [0.25, 0.3) is 0 Å². The highest BCUT2D eigenvalue weighted by Crippen LogP contribution is 2.17. The SMILES string of the molecule is C=N/C=C(\C=C/C)OCC1CN(C)CCN1C(=O)Nc1ccc(Cl)cc1. The topological polar surface area (TPSA) is 57.2 Å². The lowest BCUT2D eigenvalue weighted by Gasteiger charge is -2.39. The van der Waals surface area contributed by atoms with Crippen LogP contribution in [0.3, 0.4) is 0 Å². The molecule has 1 N–H and O–H groups in total. The van der Waals surface area contributed by atoms with Crippen LogP contribution in [0.15, 0.2) is 53.4 Å². The van der Waals surface area contributed by atoms with Crippen molar-refractivity contribution in [3.63, 3.8) is 0 Å². The van der Waals surface area contributed by atoms with Gasteiger partial charge < -0.3 is 19.9 Å². The van der Waals surface area contributed by atoms with Gasteiger partial charge in [0, 0.05) is 30.3 Å². The number of halogens is 1. The highest BCUT2D eigenvalue weighted by atomic mass is 35.5. The van der Waals surface area contributed by atoms with E-state index in [0.717, 1.165) is 13.1 Å². The molecule has 26 heavy (non-hydrogen) atoms. The Morgan fingerprint density at radius 2 is 2.15 bits per heavy atom. The number of rotatable bonds is 6. The first kappa shape index (κ1) is 20.0. The van der Waals surface area contributed by atoms with E-state index in [0.29, 0.717) is 29.6 Å². The van der Waals surface area contributed by atoms with Crippen LogP contribution in [0.2, 0.25) is 5.02 Å². The molecule has 1 fully saturated rings. The fourth-order valence-electron chi connectivity index (χ4n) is 2.72. The third-order valence-corrected chi connectivity index (χ3v) is 4.29. The molecule has 140 valence electrons. The number of piperazine rings is 1. The number of hydrogen-bond donors (Lipinski definition) is 1. The maximum atomic E-state index is 12.7. The fraction of sp³-hybridized carbons (Fsp3) is 0.368. The number of benzene rings is 1. The van der Waals surface area contributed by atoms with E-state index in [2.05, 4.69) is 21.9 Å². The van der Waals surface area contributed by atoms with Gasteiger partial charge in [-0.1, -0.05) is 17.7 Å². The van der Waals surface area contributed by atoms with Crippen molar-refractivity contribution in [2.45, 2.75) is 13.0 Å². The molecule has 1 aromatic carbocycles. The Morgan fingerprint density at radius 1 is 1.42 bits per heavy atom. The van der Waals surface area contributed by atoms with Crippen molar-refractivity contribution in [1.29, 1.82) is 0 Å². The van der Waals surface area contributed by atoms with Gasteiger partial charge in [0.1, 0.15) is 12.4 Å². The summed E-state index contributed by atoms with van der Waals surface area (Å²) in [5, 5.41) is 3.55. The molecule has 1 unspecified atom stereocenters. The first-order chi connectivity index (χ1) is 12.5. The minimum absolute atomic E-state index is 0.0699. The largest absolute Gasteiger partial charge is 0.490 e.